The Morgan fingerprint density at radius 1 is 0.292 bits per heavy atom. The van der Waals surface area contributed by atoms with E-state index in [1.165, 1.54) is 66.1 Å². The van der Waals surface area contributed by atoms with Gasteiger partial charge in [0.2, 0.25) is 0 Å². The largest absolute Gasteiger partial charge is 0.309 e. The molecular formula is C67H49N5. The minimum absolute atomic E-state index is 0.590. The molecule has 3 aromatic heterocycles. The SMILES string of the molecule is Cc1ccc(-c2ccc3c(c2)c2cc(-c4ccc(C)cc4C)ccc2n3-c2ccc(-c3cccc4c3c3ccccc3n4-c3ccccc3)cc2-c2nc(-c3ccccc3)nc(-c3ccccc3)n2)c(C)c1. The summed E-state index contributed by atoms with van der Waals surface area (Å²) >= 11 is 0. The number of benzene rings is 10. The van der Waals surface area contributed by atoms with Crippen LogP contribution in [0.4, 0.5) is 0 Å². The van der Waals surface area contributed by atoms with Crippen LogP contribution in [-0.4, -0.2) is 24.1 Å². The second kappa shape index (κ2) is 17.3. The van der Waals surface area contributed by atoms with Crippen LogP contribution in [0.2, 0.25) is 0 Å². The second-order valence-corrected chi connectivity index (χ2v) is 19.1. The van der Waals surface area contributed by atoms with Crippen molar-refractivity contribution in [3.63, 3.8) is 0 Å². The molecule has 0 N–H and O–H groups in total. The number of fused-ring (bicyclic) bond motifs is 6. The first-order valence-electron chi connectivity index (χ1n) is 24.7. The Balaban J connectivity index is 1.12. The number of hydrogen-bond donors (Lipinski definition) is 0. The van der Waals surface area contributed by atoms with E-state index in [0.717, 1.165) is 61.3 Å². The minimum Gasteiger partial charge on any atom is -0.309 e. The van der Waals surface area contributed by atoms with Crippen LogP contribution >= 0.6 is 0 Å². The van der Waals surface area contributed by atoms with Crippen LogP contribution in [-0.2, 0) is 0 Å². The number of aryl methyl sites for hydroxylation is 4. The third kappa shape index (κ3) is 7.28. The fourth-order valence-corrected chi connectivity index (χ4v) is 11.0. The van der Waals surface area contributed by atoms with Crippen molar-refractivity contribution < 1.29 is 0 Å². The van der Waals surface area contributed by atoms with Gasteiger partial charge in [-0.1, -0.05) is 175 Å². The molecule has 0 aliphatic heterocycles. The molecule has 0 saturated carbocycles. The molecule has 0 unspecified atom stereocenters. The third-order valence-corrected chi connectivity index (χ3v) is 14.4. The van der Waals surface area contributed by atoms with Gasteiger partial charge >= 0.3 is 0 Å². The average molecular weight is 924 g/mol. The summed E-state index contributed by atoms with van der Waals surface area (Å²) in [7, 11) is 0. The lowest BCUT2D eigenvalue weighted by Crippen LogP contribution is -2.04. The van der Waals surface area contributed by atoms with E-state index in [1.54, 1.807) is 0 Å². The van der Waals surface area contributed by atoms with Crippen LogP contribution in [0.5, 0.6) is 0 Å². The van der Waals surface area contributed by atoms with Crippen molar-refractivity contribution in [2.24, 2.45) is 0 Å². The first kappa shape index (κ1) is 42.9. The highest BCUT2D eigenvalue weighted by Gasteiger charge is 2.23. The molecule has 0 fully saturated rings. The summed E-state index contributed by atoms with van der Waals surface area (Å²) in [6.07, 6.45) is 0. The monoisotopic (exact) mass is 923 g/mol. The molecular weight excluding hydrogens is 875 g/mol. The van der Waals surface area contributed by atoms with Gasteiger partial charge in [-0.15, -0.1) is 0 Å². The molecule has 13 rings (SSSR count). The molecule has 0 aliphatic rings. The second-order valence-electron chi connectivity index (χ2n) is 19.1. The highest BCUT2D eigenvalue weighted by molar-refractivity contribution is 6.16. The zero-order valence-electron chi connectivity index (χ0n) is 40.6. The van der Waals surface area contributed by atoms with E-state index in [1.807, 2.05) is 36.4 Å². The van der Waals surface area contributed by atoms with Crippen LogP contribution in [0.3, 0.4) is 0 Å². The normalized spacial score (nSPS) is 11.6. The van der Waals surface area contributed by atoms with E-state index in [9.17, 15) is 0 Å². The molecule has 3 heterocycles. The van der Waals surface area contributed by atoms with Gasteiger partial charge in [0, 0.05) is 43.9 Å². The molecule has 0 aliphatic carbocycles. The molecule has 72 heavy (non-hydrogen) atoms. The van der Waals surface area contributed by atoms with Gasteiger partial charge < -0.3 is 9.13 Å². The van der Waals surface area contributed by atoms with Crippen molar-refractivity contribution in [2.45, 2.75) is 27.7 Å². The fraction of sp³-hybridized carbons (Fsp3) is 0.0597. The van der Waals surface area contributed by atoms with Crippen LogP contribution in [0, 0.1) is 27.7 Å². The highest BCUT2D eigenvalue weighted by Crippen LogP contribution is 2.44. The molecule has 342 valence electrons. The van der Waals surface area contributed by atoms with Crippen LogP contribution in [0.25, 0.3) is 123 Å². The van der Waals surface area contributed by atoms with E-state index in [2.05, 4.69) is 225 Å². The summed E-state index contributed by atoms with van der Waals surface area (Å²) in [6, 6.07) is 80.9. The van der Waals surface area contributed by atoms with Gasteiger partial charge in [-0.05, 0) is 133 Å². The highest BCUT2D eigenvalue weighted by atomic mass is 15.1. The van der Waals surface area contributed by atoms with Crippen molar-refractivity contribution in [1.29, 1.82) is 0 Å². The predicted octanol–water partition coefficient (Wildman–Crippen LogP) is 17.3. The Kier molecular flexibility index (Phi) is 10.3. The first-order chi connectivity index (χ1) is 35.3. The number of rotatable bonds is 8. The summed E-state index contributed by atoms with van der Waals surface area (Å²) in [5.74, 6) is 1.82. The maximum Gasteiger partial charge on any atom is 0.166 e. The maximum absolute atomic E-state index is 5.42. The smallest absolute Gasteiger partial charge is 0.166 e. The molecule has 0 bridgehead atoms. The van der Waals surface area contributed by atoms with E-state index in [-0.39, 0.29) is 0 Å². The lowest BCUT2D eigenvalue weighted by molar-refractivity contribution is 1.06. The van der Waals surface area contributed by atoms with Gasteiger partial charge in [0.05, 0.1) is 27.8 Å². The third-order valence-electron chi connectivity index (χ3n) is 14.4. The van der Waals surface area contributed by atoms with Gasteiger partial charge in [0.1, 0.15) is 0 Å². The Morgan fingerprint density at radius 3 is 1.36 bits per heavy atom. The van der Waals surface area contributed by atoms with E-state index >= 15 is 0 Å². The van der Waals surface area contributed by atoms with E-state index in [0.29, 0.717) is 17.5 Å². The van der Waals surface area contributed by atoms with Crippen molar-refractivity contribution in [2.75, 3.05) is 0 Å². The van der Waals surface area contributed by atoms with Gasteiger partial charge in [0.25, 0.3) is 0 Å². The molecule has 0 atom stereocenters. The molecule has 0 spiro atoms. The zero-order valence-corrected chi connectivity index (χ0v) is 40.6. The molecule has 13 aromatic rings. The Bertz CT molecular complexity index is 4070. The average Bonchev–Trinajstić information content (AvgIpc) is 3.94. The Hall–Kier alpha value is -9.19. The summed E-state index contributed by atoms with van der Waals surface area (Å²) in [5.41, 5.74) is 21.4. The topological polar surface area (TPSA) is 48.5 Å². The molecule has 10 aromatic carbocycles. The van der Waals surface area contributed by atoms with Crippen LogP contribution in [0.1, 0.15) is 22.3 Å². The molecule has 5 nitrogen and oxygen atoms in total. The fourth-order valence-electron chi connectivity index (χ4n) is 11.0. The predicted molar refractivity (Wildman–Crippen MR) is 300 cm³/mol. The first-order valence-corrected chi connectivity index (χ1v) is 24.7. The number of para-hydroxylation sites is 2. The standard InChI is InChI=1S/C67H49N5/c1-42-27-32-52(44(3)37-42)48-29-34-60-56(39-48)57-40-49(53-33-28-43(2)38-45(53)4)30-35-61(57)72(60)62-36-31-50(54-24-16-26-63-64(54)55-23-14-15-25-59(55)71(63)51-21-12-7-13-22-51)41-58(62)67-69-65(46-17-8-5-9-18-46)68-66(70-67)47-19-10-6-11-20-47/h5-41H,1-4H3. The molecule has 0 saturated heterocycles. The molecule has 5 heteroatoms. The van der Waals surface area contributed by atoms with Crippen molar-refractivity contribution in [1.82, 2.24) is 24.1 Å². The molecule has 0 radical (unpaired) electrons. The minimum atomic E-state index is 0.590. The summed E-state index contributed by atoms with van der Waals surface area (Å²) in [6.45, 7) is 8.74. The van der Waals surface area contributed by atoms with Crippen molar-refractivity contribution in [3.05, 3.63) is 247 Å². The quantitative estimate of drug-likeness (QED) is 0.153. The maximum atomic E-state index is 5.42. The zero-order chi connectivity index (χ0) is 48.5. The summed E-state index contributed by atoms with van der Waals surface area (Å²) < 4.78 is 4.81. The van der Waals surface area contributed by atoms with Gasteiger partial charge in [-0.2, -0.15) is 0 Å². The summed E-state index contributed by atoms with van der Waals surface area (Å²) in [4.78, 5) is 16.0. The van der Waals surface area contributed by atoms with Gasteiger partial charge in [-0.3, -0.25) is 0 Å². The van der Waals surface area contributed by atoms with Crippen LogP contribution in [0.15, 0.2) is 224 Å². The van der Waals surface area contributed by atoms with Crippen LogP contribution < -0.4 is 0 Å². The Labute approximate surface area is 419 Å². The number of aromatic nitrogens is 5. The Morgan fingerprint density at radius 2 is 0.778 bits per heavy atom. The van der Waals surface area contributed by atoms with E-state index < -0.39 is 0 Å². The van der Waals surface area contributed by atoms with Gasteiger partial charge in [0.15, 0.2) is 17.5 Å². The molecule has 0 amide bonds. The number of hydrogen-bond acceptors (Lipinski definition) is 3. The van der Waals surface area contributed by atoms with Gasteiger partial charge in [-0.25, -0.2) is 15.0 Å². The van der Waals surface area contributed by atoms with E-state index in [4.69, 9.17) is 15.0 Å². The lowest BCUT2D eigenvalue weighted by Gasteiger charge is -2.17. The van der Waals surface area contributed by atoms with Crippen molar-refractivity contribution >= 4 is 43.6 Å². The number of nitrogens with zero attached hydrogens (tertiary/aromatic N) is 5. The van der Waals surface area contributed by atoms with Crippen molar-refractivity contribution in [3.8, 4) is 78.9 Å². The summed E-state index contributed by atoms with van der Waals surface area (Å²) in [5, 5.41) is 4.73. The lowest BCUT2D eigenvalue weighted by atomic mass is 9.95.